The topological polar surface area (TPSA) is 0 Å². The van der Waals surface area contributed by atoms with Gasteiger partial charge >= 0.3 is 0 Å². The molecule has 0 aliphatic heterocycles. The van der Waals surface area contributed by atoms with Crippen molar-refractivity contribution < 1.29 is 0 Å². The fourth-order valence-electron chi connectivity index (χ4n) is 4.40. The van der Waals surface area contributed by atoms with Crippen LogP contribution in [0.4, 0.5) is 0 Å². The SMILES string of the molecule is c1ccc2c(c1)ccc1c2ccc2c3ccc4ccccc4c3ccc12. The van der Waals surface area contributed by atoms with E-state index < -0.39 is 0 Å². The highest BCUT2D eigenvalue weighted by Crippen LogP contribution is 2.36. The van der Waals surface area contributed by atoms with Gasteiger partial charge in [-0.3, -0.25) is 0 Å². The van der Waals surface area contributed by atoms with E-state index in [-0.39, 0.29) is 0 Å². The van der Waals surface area contributed by atoms with Gasteiger partial charge in [0, 0.05) is 0 Å². The summed E-state index contributed by atoms with van der Waals surface area (Å²) in [6.45, 7) is 0. The number of hydrogen-bond donors (Lipinski definition) is 0. The molecule has 6 aromatic carbocycles. The van der Waals surface area contributed by atoms with E-state index in [1.54, 1.807) is 0 Å². The van der Waals surface area contributed by atoms with Gasteiger partial charge in [-0.15, -0.1) is 0 Å². The van der Waals surface area contributed by atoms with E-state index in [1.165, 1.54) is 53.9 Å². The first-order chi connectivity index (χ1) is 12.9. The van der Waals surface area contributed by atoms with Crippen LogP contribution in [0.5, 0.6) is 0 Å². The van der Waals surface area contributed by atoms with Crippen molar-refractivity contribution in [2.75, 3.05) is 0 Å². The van der Waals surface area contributed by atoms with Gasteiger partial charge in [0.15, 0.2) is 0 Å². The molecular formula is C26H16. The molecule has 0 aromatic heterocycles. The number of rotatable bonds is 0. The predicted molar refractivity (Wildman–Crippen MR) is 114 cm³/mol. The molecule has 6 rings (SSSR count). The van der Waals surface area contributed by atoms with E-state index >= 15 is 0 Å². The second-order valence-electron chi connectivity index (χ2n) is 6.99. The summed E-state index contributed by atoms with van der Waals surface area (Å²) in [7, 11) is 0. The van der Waals surface area contributed by atoms with Crippen LogP contribution in [0, 0.1) is 0 Å². The Bertz CT molecular complexity index is 1360. The third kappa shape index (κ3) is 1.79. The van der Waals surface area contributed by atoms with Crippen LogP contribution >= 0.6 is 0 Å². The van der Waals surface area contributed by atoms with Gasteiger partial charge in [-0.2, -0.15) is 0 Å². The molecule has 0 aliphatic carbocycles. The number of fused-ring (bicyclic) bond motifs is 9. The Balaban J connectivity index is 1.82. The van der Waals surface area contributed by atoms with Crippen molar-refractivity contribution >= 4 is 53.9 Å². The third-order valence-corrected chi connectivity index (χ3v) is 5.65. The molecule has 0 saturated heterocycles. The summed E-state index contributed by atoms with van der Waals surface area (Å²) in [6.07, 6.45) is 0. The molecule has 0 nitrogen and oxygen atoms in total. The molecule has 0 radical (unpaired) electrons. The molecule has 0 N–H and O–H groups in total. The van der Waals surface area contributed by atoms with E-state index in [0.29, 0.717) is 0 Å². The van der Waals surface area contributed by atoms with Gasteiger partial charge in [-0.1, -0.05) is 97.1 Å². The lowest BCUT2D eigenvalue weighted by molar-refractivity contribution is 1.78. The smallest absolute Gasteiger partial charge is 0.00987 e. The maximum absolute atomic E-state index is 2.29. The first-order valence-corrected chi connectivity index (χ1v) is 9.05. The summed E-state index contributed by atoms with van der Waals surface area (Å²) in [5, 5.41) is 13.2. The van der Waals surface area contributed by atoms with Gasteiger partial charge in [0.25, 0.3) is 0 Å². The average Bonchev–Trinajstić information content (AvgIpc) is 2.72. The normalized spacial score (nSPS) is 11.8. The summed E-state index contributed by atoms with van der Waals surface area (Å²) < 4.78 is 0. The zero-order chi connectivity index (χ0) is 17.1. The quantitative estimate of drug-likeness (QED) is 0.254. The van der Waals surface area contributed by atoms with Crippen LogP contribution in [0.3, 0.4) is 0 Å². The third-order valence-electron chi connectivity index (χ3n) is 5.65. The second-order valence-corrected chi connectivity index (χ2v) is 6.99. The highest BCUT2D eigenvalue weighted by Gasteiger charge is 2.08. The van der Waals surface area contributed by atoms with Crippen LogP contribution in [0.2, 0.25) is 0 Å². The molecule has 26 heavy (non-hydrogen) atoms. The molecule has 0 amide bonds. The molecule has 0 spiro atoms. The predicted octanol–water partition coefficient (Wildman–Crippen LogP) is 7.45. The maximum Gasteiger partial charge on any atom is -0.00987 e. The fourth-order valence-corrected chi connectivity index (χ4v) is 4.40. The fraction of sp³-hybridized carbons (Fsp3) is 0. The molecular weight excluding hydrogens is 312 g/mol. The molecule has 0 aliphatic rings. The molecule has 0 saturated carbocycles. The van der Waals surface area contributed by atoms with E-state index in [4.69, 9.17) is 0 Å². The molecule has 0 heterocycles. The van der Waals surface area contributed by atoms with Crippen molar-refractivity contribution in [3.05, 3.63) is 97.1 Å². The Morgan fingerprint density at radius 2 is 0.538 bits per heavy atom. The van der Waals surface area contributed by atoms with Crippen LogP contribution in [-0.2, 0) is 0 Å². The van der Waals surface area contributed by atoms with Gasteiger partial charge in [-0.25, -0.2) is 0 Å². The largest absolute Gasteiger partial charge is 0.0616 e. The molecule has 6 aromatic rings. The Morgan fingerprint density at radius 3 is 0.962 bits per heavy atom. The minimum absolute atomic E-state index is 1.30. The van der Waals surface area contributed by atoms with Crippen LogP contribution in [0.15, 0.2) is 97.1 Å². The van der Waals surface area contributed by atoms with Crippen LogP contribution in [0.1, 0.15) is 0 Å². The van der Waals surface area contributed by atoms with Gasteiger partial charge in [0.2, 0.25) is 0 Å². The molecule has 0 atom stereocenters. The average molecular weight is 328 g/mol. The summed E-state index contributed by atoms with van der Waals surface area (Å²) >= 11 is 0. The Labute approximate surface area is 151 Å². The zero-order valence-corrected chi connectivity index (χ0v) is 14.2. The van der Waals surface area contributed by atoms with Crippen LogP contribution < -0.4 is 0 Å². The van der Waals surface area contributed by atoms with E-state index in [0.717, 1.165) is 0 Å². The van der Waals surface area contributed by atoms with E-state index in [2.05, 4.69) is 97.1 Å². The minimum atomic E-state index is 1.30. The monoisotopic (exact) mass is 328 g/mol. The van der Waals surface area contributed by atoms with E-state index in [9.17, 15) is 0 Å². The molecule has 0 unspecified atom stereocenters. The van der Waals surface area contributed by atoms with Gasteiger partial charge in [0.1, 0.15) is 0 Å². The highest BCUT2D eigenvalue weighted by molar-refractivity contribution is 6.24. The van der Waals surface area contributed by atoms with E-state index in [1.807, 2.05) is 0 Å². The van der Waals surface area contributed by atoms with Crippen molar-refractivity contribution in [1.82, 2.24) is 0 Å². The lowest BCUT2D eigenvalue weighted by Crippen LogP contribution is -1.83. The Kier molecular flexibility index (Phi) is 2.70. The first-order valence-electron chi connectivity index (χ1n) is 9.05. The molecule has 0 bridgehead atoms. The Hall–Kier alpha value is -3.38. The summed E-state index contributed by atoms with van der Waals surface area (Å²) in [5.41, 5.74) is 0. The summed E-state index contributed by atoms with van der Waals surface area (Å²) in [6, 6.07) is 35.4. The van der Waals surface area contributed by atoms with Crippen LogP contribution in [-0.4, -0.2) is 0 Å². The van der Waals surface area contributed by atoms with Crippen molar-refractivity contribution in [2.24, 2.45) is 0 Å². The van der Waals surface area contributed by atoms with Gasteiger partial charge < -0.3 is 0 Å². The standard InChI is InChI=1S/C26H16/c1-3-7-19-17(5-1)9-11-23-21(19)13-15-26-24-12-10-18-6-2-4-8-20(18)22(24)14-16-25(23)26/h1-16H. The zero-order valence-electron chi connectivity index (χ0n) is 14.2. The molecule has 120 valence electrons. The van der Waals surface area contributed by atoms with Crippen molar-refractivity contribution in [3.63, 3.8) is 0 Å². The second kappa shape index (κ2) is 5.06. The molecule has 0 fully saturated rings. The Morgan fingerprint density at radius 1 is 0.231 bits per heavy atom. The summed E-state index contributed by atoms with van der Waals surface area (Å²) in [4.78, 5) is 0. The maximum atomic E-state index is 2.29. The van der Waals surface area contributed by atoms with Crippen LogP contribution in [0.25, 0.3) is 53.9 Å². The van der Waals surface area contributed by atoms with Crippen molar-refractivity contribution in [3.8, 4) is 0 Å². The van der Waals surface area contributed by atoms with Crippen molar-refractivity contribution in [2.45, 2.75) is 0 Å². The lowest BCUT2D eigenvalue weighted by Gasteiger charge is -2.11. The summed E-state index contributed by atoms with van der Waals surface area (Å²) in [5.74, 6) is 0. The highest BCUT2D eigenvalue weighted by atomic mass is 14.1. The minimum Gasteiger partial charge on any atom is -0.0616 e. The lowest BCUT2D eigenvalue weighted by atomic mass is 9.93. The van der Waals surface area contributed by atoms with Gasteiger partial charge in [-0.05, 0) is 53.9 Å². The number of benzene rings is 6. The number of hydrogen-bond acceptors (Lipinski definition) is 0. The first kappa shape index (κ1) is 13.9. The van der Waals surface area contributed by atoms with Gasteiger partial charge in [0.05, 0.1) is 0 Å². The molecule has 0 heteroatoms. The van der Waals surface area contributed by atoms with Crippen molar-refractivity contribution in [1.29, 1.82) is 0 Å².